The first kappa shape index (κ1) is 12.2. The van der Waals surface area contributed by atoms with Crippen molar-refractivity contribution in [3.8, 4) is 6.07 Å². The summed E-state index contributed by atoms with van der Waals surface area (Å²) in [6, 6.07) is 2.20. The van der Waals surface area contributed by atoms with Crippen LogP contribution in [0, 0.1) is 11.3 Å². The highest BCUT2D eigenvalue weighted by Gasteiger charge is 2.15. The van der Waals surface area contributed by atoms with Crippen LogP contribution in [0.2, 0.25) is 5.15 Å². The zero-order valence-corrected chi connectivity index (χ0v) is 10.7. The highest BCUT2D eigenvalue weighted by atomic mass is 79.9. The lowest BCUT2D eigenvalue weighted by Gasteiger charge is -2.24. The zero-order valence-electron chi connectivity index (χ0n) is 8.41. The van der Waals surface area contributed by atoms with Crippen LogP contribution < -0.4 is 4.90 Å². The van der Waals surface area contributed by atoms with Crippen molar-refractivity contribution in [2.24, 2.45) is 0 Å². The van der Waals surface area contributed by atoms with E-state index in [1.165, 1.54) is 6.33 Å². The van der Waals surface area contributed by atoms with Gasteiger partial charge in [-0.2, -0.15) is 5.26 Å². The molecule has 4 nitrogen and oxygen atoms in total. The summed E-state index contributed by atoms with van der Waals surface area (Å²) >= 11 is 9.17. The van der Waals surface area contributed by atoms with Gasteiger partial charge in [-0.25, -0.2) is 9.97 Å². The predicted octanol–water partition coefficient (Wildman–Crippen LogP) is 2.63. The van der Waals surface area contributed by atoms with E-state index in [9.17, 15) is 0 Å². The molecule has 80 valence electrons. The van der Waals surface area contributed by atoms with Crippen LogP contribution in [-0.4, -0.2) is 23.1 Å². The molecular formula is C9H10BrClN4. The number of rotatable bonds is 3. The lowest BCUT2D eigenvalue weighted by atomic mass is 10.2. The summed E-state index contributed by atoms with van der Waals surface area (Å²) in [7, 11) is 1.87. The van der Waals surface area contributed by atoms with Crippen LogP contribution in [0.15, 0.2) is 10.8 Å². The molecule has 0 amide bonds. The van der Waals surface area contributed by atoms with Crippen molar-refractivity contribution in [2.75, 3.05) is 11.9 Å². The van der Waals surface area contributed by atoms with Crippen LogP contribution in [0.3, 0.4) is 0 Å². The summed E-state index contributed by atoms with van der Waals surface area (Å²) in [5.74, 6) is 0.692. The summed E-state index contributed by atoms with van der Waals surface area (Å²) in [6.07, 6.45) is 1.84. The Balaban J connectivity index is 2.96. The molecule has 1 aromatic heterocycles. The lowest BCUT2D eigenvalue weighted by molar-refractivity contribution is 0.691. The molecule has 1 atom stereocenters. The maximum Gasteiger partial charge on any atom is 0.148 e. The summed E-state index contributed by atoms with van der Waals surface area (Å²) in [5, 5.41) is 8.98. The van der Waals surface area contributed by atoms with E-state index < -0.39 is 0 Å². The van der Waals surface area contributed by atoms with E-state index in [1.54, 1.807) is 0 Å². The average molecular weight is 290 g/mol. The molecule has 0 aromatic carbocycles. The molecule has 0 aliphatic rings. The molecule has 1 unspecified atom stereocenters. The van der Waals surface area contributed by atoms with Crippen LogP contribution >= 0.6 is 27.5 Å². The van der Waals surface area contributed by atoms with Gasteiger partial charge in [0.05, 0.1) is 17.0 Å². The van der Waals surface area contributed by atoms with Crippen molar-refractivity contribution in [3.63, 3.8) is 0 Å². The Kier molecular flexibility index (Phi) is 4.30. The zero-order chi connectivity index (χ0) is 11.4. The molecule has 0 aliphatic heterocycles. The molecule has 1 heterocycles. The quantitative estimate of drug-likeness (QED) is 0.803. The molecule has 1 aromatic rings. The number of nitriles is 1. The Bertz CT molecular complexity index is 390. The highest BCUT2D eigenvalue weighted by Crippen LogP contribution is 2.29. The fraction of sp³-hybridized carbons (Fsp3) is 0.444. The molecule has 0 bridgehead atoms. The van der Waals surface area contributed by atoms with Gasteiger partial charge in [-0.15, -0.1) is 0 Å². The van der Waals surface area contributed by atoms with Crippen molar-refractivity contribution in [3.05, 3.63) is 16.0 Å². The second-order valence-electron chi connectivity index (χ2n) is 3.12. The summed E-state index contributed by atoms with van der Waals surface area (Å²) in [5.41, 5.74) is 0. The minimum absolute atomic E-state index is 0.0808. The van der Waals surface area contributed by atoms with Crippen molar-refractivity contribution >= 4 is 33.3 Å². The minimum Gasteiger partial charge on any atom is -0.355 e. The van der Waals surface area contributed by atoms with Gasteiger partial charge in [0, 0.05) is 13.1 Å². The average Bonchev–Trinajstić information content (AvgIpc) is 2.21. The molecule has 15 heavy (non-hydrogen) atoms. The largest absolute Gasteiger partial charge is 0.355 e. The van der Waals surface area contributed by atoms with Gasteiger partial charge in [-0.1, -0.05) is 11.6 Å². The first-order chi connectivity index (χ1) is 7.07. The maximum atomic E-state index is 8.61. The molecule has 0 saturated carbocycles. The molecule has 1 rings (SSSR count). The van der Waals surface area contributed by atoms with Crippen molar-refractivity contribution in [2.45, 2.75) is 19.4 Å². The third-order valence-corrected chi connectivity index (χ3v) is 3.36. The lowest BCUT2D eigenvalue weighted by Crippen LogP contribution is -2.29. The van der Waals surface area contributed by atoms with Crippen molar-refractivity contribution in [1.82, 2.24) is 9.97 Å². The summed E-state index contributed by atoms with van der Waals surface area (Å²) < 4.78 is 0.652. The Morgan fingerprint density at radius 1 is 1.67 bits per heavy atom. The smallest absolute Gasteiger partial charge is 0.148 e. The fourth-order valence-electron chi connectivity index (χ4n) is 1.06. The minimum atomic E-state index is 0.0808. The molecule has 0 radical (unpaired) electrons. The monoisotopic (exact) mass is 288 g/mol. The summed E-state index contributed by atoms with van der Waals surface area (Å²) in [6.45, 7) is 1.95. The molecule has 0 saturated heterocycles. The Labute approximate surface area is 102 Å². The van der Waals surface area contributed by atoms with Gasteiger partial charge < -0.3 is 4.90 Å². The van der Waals surface area contributed by atoms with Crippen LogP contribution in [0.25, 0.3) is 0 Å². The SMILES string of the molecule is CC(CC#N)N(C)c1ncnc(Cl)c1Br. The molecule has 6 heteroatoms. The first-order valence-electron chi connectivity index (χ1n) is 4.33. The highest BCUT2D eigenvalue weighted by molar-refractivity contribution is 9.10. The van der Waals surface area contributed by atoms with Gasteiger partial charge in [0.25, 0.3) is 0 Å². The van der Waals surface area contributed by atoms with Gasteiger partial charge in [-0.05, 0) is 22.9 Å². The number of hydrogen-bond acceptors (Lipinski definition) is 4. The maximum absolute atomic E-state index is 8.61. The number of hydrogen-bond donors (Lipinski definition) is 0. The van der Waals surface area contributed by atoms with Crippen LogP contribution in [0.5, 0.6) is 0 Å². The van der Waals surface area contributed by atoms with Gasteiger partial charge in [0.2, 0.25) is 0 Å². The van der Waals surface area contributed by atoms with E-state index in [-0.39, 0.29) is 6.04 Å². The second-order valence-corrected chi connectivity index (χ2v) is 4.28. The van der Waals surface area contributed by atoms with E-state index in [0.29, 0.717) is 21.9 Å². The van der Waals surface area contributed by atoms with E-state index in [1.807, 2.05) is 18.9 Å². The van der Waals surface area contributed by atoms with Crippen LogP contribution in [0.1, 0.15) is 13.3 Å². The molecule has 0 N–H and O–H groups in total. The second kappa shape index (κ2) is 5.29. The van der Waals surface area contributed by atoms with Crippen LogP contribution in [0.4, 0.5) is 5.82 Å². The number of aromatic nitrogens is 2. The van der Waals surface area contributed by atoms with E-state index in [2.05, 4.69) is 32.0 Å². The van der Waals surface area contributed by atoms with E-state index in [0.717, 1.165) is 0 Å². The van der Waals surface area contributed by atoms with Gasteiger partial charge in [0.15, 0.2) is 0 Å². The number of nitrogens with zero attached hydrogens (tertiary/aromatic N) is 4. The Morgan fingerprint density at radius 2 is 2.33 bits per heavy atom. The first-order valence-corrected chi connectivity index (χ1v) is 5.50. The number of halogens is 2. The van der Waals surface area contributed by atoms with E-state index in [4.69, 9.17) is 16.9 Å². The van der Waals surface area contributed by atoms with Crippen molar-refractivity contribution in [1.29, 1.82) is 5.26 Å². The molecular weight excluding hydrogens is 279 g/mol. The Morgan fingerprint density at radius 3 is 2.93 bits per heavy atom. The molecule has 0 spiro atoms. The van der Waals surface area contributed by atoms with E-state index >= 15 is 0 Å². The number of anilines is 1. The topological polar surface area (TPSA) is 52.8 Å². The van der Waals surface area contributed by atoms with Gasteiger partial charge in [0.1, 0.15) is 17.3 Å². The third-order valence-electron chi connectivity index (χ3n) is 2.11. The normalized spacial score (nSPS) is 11.9. The van der Waals surface area contributed by atoms with Crippen molar-refractivity contribution < 1.29 is 0 Å². The van der Waals surface area contributed by atoms with Gasteiger partial charge >= 0.3 is 0 Å². The summed E-state index contributed by atoms with van der Waals surface area (Å²) in [4.78, 5) is 9.85. The Hall–Kier alpha value is -0.860. The standard InChI is InChI=1S/C9H10BrClN4/c1-6(3-4-12)15(2)9-7(10)8(11)13-5-14-9/h5-6H,3H2,1-2H3. The fourth-order valence-corrected chi connectivity index (χ4v) is 1.68. The van der Waals surface area contributed by atoms with Gasteiger partial charge in [-0.3, -0.25) is 0 Å². The third kappa shape index (κ3) is 2.80. The predicted molar refractivity (Wildman–Crippen MR) is 62.8 cm³/mol. The molecule has 0 aliphatic carbocycles. The van der Waals surface area contributed by atoms with Crippen LogP contribution in [-0.2, 0) is 0 Å². The molecule has 0 fully saturated rings.